The number of carboxylic acids is 1. The minimum absolute atomic E-state index is 0.208. The normalized spacial score (nSPS) is 44.1. The summed E-state index contributed by atoms with van der Waals surface area (Å²) in [6, 6.07) is 0. The molecule has 0 radical (unpaired) electrons. The molecular formula is C16H22O11. The molecule has 1 saturated heterocycles. The number of carboxylic acid groups (broad SMARTS) is 1. The Balaban J connectivity index is 1.84. The molecule has 0 aromatic heterocycles. The Morgan fingerprint density at radius 1 is 1.04 bits per heavy atom. The van der Waals surface area contributed by atoms with Crippen LogP contribution in [0.4, 0.5) is 0 Å². The molecule has 1 unspecified atom stereocenters. The Morgan fingerprint density at radius 2 is 1.74 bits per heavy atom. The molecule has 11 heteroatoms. The second-order valence-corrected chi connectivity index (χ2v) is 6.66. The van der Waals surface area contributed by atoms with Crippen LogP contribution in [0.1, 0.15) is 0 Å². The van der Waals surface area contributed by atoms with Crippen molar-refractivity contribution in [3.05, 3.63) is 23.5 Å². The van der Waals surface area contributed by atoms with Crippen LogP contribution in [0.15, 0.2) is 23.5 Å². The van der Waals surface area contributed by atoms with Gasteiger partial charge in [-0.25, -0.2) is 4.79 Å². The van der Waals surface area contributed by atoms with Crippen molar-refractivity contribution in [1.29, 1.82) is 0 Å². The standard InChI is InChI=1S/C16H22O11/c17-2-5-1-7(19)10-6(14(23)24)4-25-15(9(5)10)27-16-13(22)12(21)11(20)8(3-18)26-16/h1,4,7-13,15-22H,2-3H2,(H,23,24)/t7-,8+,9+,10-,11+,12-,13+,15?,16-/m0/s1. The van der Waals surface area contributed by atoms with Crippen LogP contribution in [-0.2, 0) is 19.0 Å². The molecule has 0 saturated carbocycles. The van der Waals surface area contributed by atoms with Crippen molar-refractivity contribution in [1.82, 2.24) is 0 Å². The molecule has 3 rings (SSSR count). The quantitative estimate of drug-likeness (QED) is 0.233. The summed E-state index contributed by atoms with van der Waals surface area (Å²) < 4.78 is 16.1. The summed E-state index contributed by atoms with van der Waals surface area (Å²) in [6.45, 7) is -1.13. The van der Waals surface area contributed by atoms with Gasteiger partial charge in [0.25, 0.3) is 0 Å². The molecule has 3 aliphatic rings. The van der Waals surface area contributed by atoms with E-state index in [1.807, 2.05) is 0 Å². The molecule has 11 nitrogen and oxygen atoms in total. The van der Waals surface area contributed by atoms with Gasteiger partial charge in [0.2, 0.25) is 6.29 Å². The van der Waals surface area contributed by atoms with Crippen LogP contribution < -0.4 is 0 Å². The zero-order valence-corrected chi connectivity index (χ0v) is 14.0. The molecule has 1 fully saturated rings. The van der Waals surface area contributed by atoms with Crippen LogP contribution in [0, 0.1) is 11.8 Å². The first-order valence-corrected chi connectivity index (χ1v) is 8.34. The molecule has 0 spiro atoms. The molecule has 0 amide bonds. The molecule has 27 heavy (non-hydrogen) atoms. The molecule has 0 bridgehead atoms. The predicted octanol–water partition coefficient (Wildman–Crippen LogP) is -3.35. The lowest BCUT2D eigenvalue weighted by Crippen LogP contribution is -2.60. The van der Waals surface area contributed by atoms with Gasteiger partial charge in [-0.15, -0.1) is 0 Å². The van der Waals surface area contributed by atoms with Crippen molar-refractivity contribution in [3.63, 3.8) is 0 Å². The predicted molar refractivity (Wildman–Crippen MR) is 83.6 cm³/mol. The van der Waals surface area contributed by atoms with Crippen LogP contribution in [0.3, 0.4) is 0 Å². The number of aliphatic carboxylic acids is 1. The van der Waals surface area contributed by atoms with E-state index >= 15 is 0 Å². The Morgan fingerprint density at radius 3 is 2.33 bits per heavy atom. The molecule has 9 atom stereocenters. The van der Waals surface area contributed by atoms with E-state index < -0.39 is 74.1 Å². The van der Waals surface area contributed by atoms with E-state index in [4.69, 9.17) is 14.2 Å². The summed E-state index contributed by atoms with van der Waals surface area (Å²) in [5.74, 6) is -3.13. The van der Waals surface area contributed by atoms with E-state index in [0.29, 0.717) is 0 Å². The van der Waals surface area contributed by atoms with Crippen molar-refractivity contribution < 1.29 is 54.8 Å². The first-order chi connectivity index (χ1) is 12.8. The monoisotopic (exact) mass is 390 g/mol. The molecule has 0 aromatic carbocycles. The van der Waals surface area contributed by atoms with Gasteiger partial charge in [-0.05, 0) is 5.57 Å². The fourth-order valence-electron chi connectivity index (χ4n) is 3.68. The lowest BCUT2D eigenvalue weighted by atomic mass is 9.82. The highest BCUT2D eigenvalue weighted by molar-refractivity contribution is 5.87. The largest absolute Gasteiger partial charge is 0.478 e. The van der Waals surface area contributed by atoms with Gasteiger partial charge < -0.3 is 50.0 Å². The summed E-state index contributed by atoms with van der Waals surface area (Å²) in [4.78, 5) is 11.4. The Labute approximate surface area is 153 Å². The van der Waals surface area contributed by atoms with Gasteiger partial charge in [-0.1, -0.05) is 6.08 Å². The van der Waals surface area contributed by atoms with E-state index in [0.717, 1.165) is 6.26 Å². The van der Waals surface area contributed by atoms with Crippen molar-refractivity contribution in [3.8, 4) is 0 Å². The van der Waals surface area contributed by atoms with Gasteiger partial charge >= 0.3 is 5.97 Å². The number of fused-ring (bicyclic) bond motifs is 1. The Hall–Kier alpha value is -1.57. The summed E-state index contributed by atoms with van der Waals surface area (Å²) in [5, 5.41) is 68.0. The smallest absolute Gasteiger partial charge is 0.335 e. The van der Waals surface area contributed by atoms with E-state index in [9.17, 15) is 40.5 Å². The van der Waals surface area contributed by atoms with Crippen LogP contribution in [0.2, 0.25) is 0 Å². The summed E-state index contributed by atoms with van der Waals surface area (Å²) in [6.07, 6.45) is -7.83. The third kappa shape index (κ3) is 3.48. The van der Waals surface area contributed by atoms with E-state index in [2.05, 4.69) is 0 Å². The number of hydrogen-bond donors (Lipinski definition) is 7. The fraction of sp³-hybridized carbons (Fsp3) is 0.688. The van der Waals surface area contributed by atoms with Gasteiger partial charge in [0.05, 0.1) is 37.1 Å². The van der Waals surface area contributed by atoms with Crippen LogP contribution in [-0.4, -0.2) is 98.0 Å². The number of carbonyl (C=O) groups is 1. The molecule has 1 aliphatic carbocycles. The van der Waals surface area contributed by atoms with Crippen LogP contribution in [0.25, 0.3) is 0 Å². The SMILES string of the molecule is O=C(O)C1=COC(O[C@@H]2O[C@H](CO)[C@@H](O)[C@H](O)[C@H]2O)[C@@H]2C(CO)=C[C@H](O)[C@H]12. The maximum absolute atomic E-state index is 11.4. The zero-order chi connectivity index (χ0) is 19.9. The first-order valence-electron chi connectivity index (χ1n) is 8.34. The highest BCUT2D eigenvalue weighted by atomic mass is 16.8. The molecule has 152 valence electrons. The lowest BCUT2D eigenvalue weighted by Gasteiger charge is -2.43. The number of hydrogen-bond acceptors (Lipinski definition) is 10. The number of aliphatic hydroxyl groups excluding tert-OH is 6. The van der Waals surface area contributed by atoms with Crippen LogP contribution >= 0.6 is 0 Å². The van der Waals surface area contributed by atoms with Crippen molar-refractivity contribution in [2.45, 2.75) is 43.1 Å². The Kier molecular flexibility index (Phi) is 5.84. The van der Waals surface area contributed by atoms with Gasteiger partial charge in [0, 0.05) is 5.92 Å². The van der Waals surface area contributed by atoms with Crippen molar-refractivity contribution in [2.24, 2.45) is 11.8 Å². The van der Waals surface area contributed by atoms with Gasteiger partial charge in [-0.2, -0.15) is 0 Å². The number of aliphatic hydroxyl groups is 6. The maximum Gasteiger partial charge on any atom is 0.335 e. The zero-order valence-electron chi connectivity index (χ0n) is 14.0. The average molecular weight is 390 g/mol. The molecule has 2 aliphatic heterocycles. The third-order valence-corrected chi connectivity index (χ3v) is 5.10. The molecule has 2 heterocycles. The lowest BCUT2D eigenvalue weighted by molar-refractivity contribution is -0.340. The van der Waals surface area contributed by atoms with E-state index in [1.54, 1.807) is 0 Å². The van der Waals surface area contributed by atoms with E-state index in [1.165, 1.54) is 6.08 Å². The average Bonchev–Trinajstić information content (AvgIpc) is 2.99. The second-order valence-electron chi connectivity index (χ2n) is 6.66. The minimum Gasteiger partial charge on any atom is -0.478 e. The van der Waals surface area contributed by atoms with E-state index in [-0.39, 0.29) is 11.1 Å². The number of ether oxygens (including phenoxy) is 3. The molecule has 7 N–H and O–H groups in total. The van der Waals surface area contributed by atoms with Gasteiger partial charge in [-0.3, -0.25) is 0 Å². The molecule has 0 aromatic rings. The Bertz CT molecular complexity index is 630. The van der Waals surface area contributed by atoms with Gasteiger partial charge in [0.15, 0.2) is 6.29 Å². The van der Waals surface area contributed by atoms with Crippen molar-refractivity contribution >= 4 is 5.97 Å². The summed E-state index contributed by atoms with van der Waals surface area (Å²) in [7, 11) is 0. The molecular weight excluding hydrogens is 368 g/mol. The minimum atomic E-state index is -1.68. The third-order valence-electron chi connectivity index (χ3n) is 5.10. The van der Waals surface area contributed by atoms with Crippen LogP contribution in [0.5, 0.6) is 0 Å². The first kappa shape index (κ1) is 20.2. The summed E-state index contributed by atoms with van der Waals surface area (Å²) >= 11 is 0. The summed E-state index contributed by atoms with van der Waals surface area (Å²) in [5.41, 5.74) is 0.0785. The maximum atomic E-state index is 11.4. The highest BCUT2D eigenvalue weighted by Crippen LogP contribution is 2.44. The number of rotatable bonds is 5. The van der Waals surface area contributed by atoms with Gasteiger partial charge in [0.1, 0.15) is 24.4 Å². The highest BCUT2D eigenvalue weighted by Gasteiger charge is 2.51. The second kappa shape index (κ2) is 7.81. The topological polar surface area (TPSA) is 186 Å². The van der Waals surface area contributed by atoms with Crippen molar-refractivity contribution in [2.75, 3.05) is 13.2 Å². The fourth-order valence-corrected chi connectivity index (χ4v) is 3.68.